The molecule has 0 radical (unpaired) electrons. The number of ether oxygens (including phenoxy) is 1. The molecule has 0 amide bonds. The number of hydrogen-bond donors (Lipinski definition) is 0. The van der Waals surface area contributed by atoms with E-state index in [1.54, 1.807) is 11.8 Å². The summed E-state index contributed by atoms with van der Waals surface area (Å²) in [6.07, 6.45) is 3.06. The smallest absolute Gasteiger partial charge is 0.327 e. The van der Waals surface area contributed by atoms with Crippen LogP contribution < -0.4 is 0 Å². The molecule has 1 aromatic rings. The minimum Gasteiger partial charge on any atom is -0.468 e. The van der Waals surface area contributed by atoms with Crippen molar-refractivity contribution in [2.75, 3.05) is 26.5 Å². The van der Waals surface area contributed by atoms with Gasteiger partial charge in [-0.15, -0.1) is 11.8 Å². The van der Waals surface area contributed by atoms with Crippen molar-refractivity contribution in [3.63, 3.8) is 0 Å². The van der Waals surface area contributed by atoms with Crippen molar-refractivity contribution in [1.29, 1.82) is 0 Å². The Morgan fingerprint density at radius 3 is 2.71 bits per heavy atom. The van der Waals surface area contributed by atoms with E-state index >= 15 is 0 Å². The fourth-order valence-corrected chi connectivity index (χ4v) is 3.66. The standard InChI is InChI=1S/C16H20ClNO2S/c1-11-10-18(9-8-14(11)21-3)15(16(19)20-2)12-6-4-5-7-13(12)17/h4-7,15H,8-10H2,1-3H3/t15-/m0/s1. The number of benzene rings is 1. The van der Waals surface area contributed by atoms with E-state index in [1.165, 1.54) is 17.6 Å². The largest absolute Gasteiger partial charge is 0.468 e. The number of carbonyl (C=O) groups excluding carboxylic acids is 1. The average Bonchev–Trinajstić information content (AvgIpc) is 2.49. The van der Waals surface area contributed by atoms with Gasteiger partial charge < -0.3 is 4.74 Å². The fraction of sp³-hybridized carbons (Fsp3) is 0.438. The lowest BCUT2D eigenvalue weighted by Gasteiger charge is -2.34. The maximum atomic E-state index is 12.3. The molecule has 1 aromatic carbocycles. The summed E-state index contributed by atoms with van der Waals surface area (Å²) >= 11 is 8.07. The number of carbonyl (C=O) groups is 1. The minimum atomic E-state index is -0.443. The molecule has 21 heavy (non-hydrogen) atoms. The normalized spacial score (nSPS) is 17.7. The van der Waals surface area contributed by atoms with Gasteiger partial charge in [0.15, 0.2) is 0 Å². The maximum Gasteiger partial charge on any atom is 0.327 e. The van der Waals surface area contributed by atoms with Crippen LogP contribution in [0.3, 0.4) is 0 Å². The van der Waals surface area contributed by atoms with Gasteiger partial charge in [-0.3, -0.25) is 4.90 Å². The van der Waals surface area contributed by atoms with Gasteiger partial charge in [0.05, 0.1) is 7.11 Å². The average molecular weight is 326 g/mol. The van der Waals surface area contributed by atoms with Crippen LogP contribution in [0.5, 0.6) is 0 Å². The highest BCUT2D eigenvalue weighted by Crippen LogP contribution is 2.34. The molecule has 3 nitrogen and oxygen atoms in total. The van der Waals surface area contributed by atoms with Crippen LogP contribution in [0.15, 0.2) is 34.7 Å². The minimum absolute atomic E-state index is 0.261. The zero-order valence-electron chi connectivity index (χ0n) is 12.6. The molecule has 2 rings (SSSR count). The molecule has 0 N–H and O–H groups in total. The molecule has 0 bridgehead atoms. The Kier molecular flexibility index (Phi) is 5.73. The highest BCUT2D eigenvalue weighted by Gasteiger charge is 2.32. The third-order valence-corrected chi connectivity index (χ3v) is 5.17. The van der Waals surface area contributed by atoms with Gasteiger partial charge >= 0.3 is 5.97 Å². The molecule has 1 atom stereocenters. The predicted molar refractivity (Wildman–Crippen MR) is 88.6 cm³/mol. The van der Waals surface area contributed by atoms with E-state index in [2.05, 4.69) is 18.1 Å². The summed E-state index contributed by atoms with van der Waals surface area (Å²) < 4.78 is 5.00. The van der Waals surface area contributed by atoms with Gasteiger partial charge in [0.25, 0.3) is 0 Å². The lowest BCUT2D eigenvalue weighted by molar-refractivity contribution is -0.147. The molecule has 0 aliphatic carbocycles. The Labute approximate surface area is 135 Å². The van der Waals surface area contributed by atoms with Crippen molar-refractivity contribution in [3.8, 4) is 0 Å². The summed E-state index contributed by atoms with van der Waals surface area (Å²) in [6, 6.07) is 7.03. The van der Waals surface area contributed by atoms with Crippen molar-refractivity contribution >= 4 is 29.3 Å². The quantitative estimate of drug-likeness (QED) is 0.785. The van der Waals surface area contributed by atoms with Crippen LogP contribution in [0.25, 0.3) is 0 Å². The zero-order valence-corrected chi connectivity index (χ0v) is 14.1. The zero-order chi connectivity index (χ0) is 15.4. The second-order valence-corrected chi connectivity index (χ2v) is 6.38. The highest BCUT2D eigenvalue weighted by molar-refractivity contribution is 8.02. The number of esters is 1. The lowest BCUT2D eigenvalue weighted by Crippen LogP contribution is -2.39. The molecule has 0 saturated carbocycles. The third kappa shape index (κ3) is 3.62. The monoisotopic (exact) mass is 325 g/mol. The van der Waals surface area contributed by atoms with Crippen LogP contribution in [-0.2, 0) is 9.53 Å². The first-order chi connectivity index (χ1) is 10.1. The maximum absolute atomic E-state index is 12.3. The SMILES string of the molecule is COC(=O)[C@H](c1ccccc1Cl)N1CCC(SC)=C(C)C1. The number of halogens is 1. The molecule has 1 aliphatic rings. The van der Waals surface area contributed by atoms with Crippen LogP contribution in [0.1, 0.15) is 24.9 Å². The molecule has 0 unspecified atom stereocenters. The Morgan fingerprint density at radius 1 is 1.43 bits per heavy atom. The van der Waals surface area contributed by atoms with Crippen LogP contribution in [0.2, 0.25) is 5.02 Å². The molecule has 0 fully saturated rings. The molecular formula is C16H20ClNO2S. The van der Waals surface area contributed by atoms with Gasteiger partial charge in [-0.1, -0.05) is 29.8 Å². The molecule has 0 spiro atoms. The first-order valence-corrected chi connectivity index (χ1v) is 8.47. The van der Waals surface area contributed by atoms with Crippen LogP contribution >= 0.6 is 23.4 Å². The molecule has 5 heteroatoms. The van der Waals surface area contributed by atoms with Crippen molar-refractivity contribution in [2.45, 2.75) is 19.4 Å². The predicted octanol–water partition coefficient (Wildman–Crippen LogP) is 3.90. The van der Waals surface area contributed by atoms with Crippen molar-refractivity contribution in [1.82, 2.24) is 4.90 Å². The Balaban J connectivity index is 2.33. The second-order valence-electron chi connectivity index (χ2n) is 5.08. The van der Waals surface area contributed by atoms with E-state index in [9.17, 15) is 4.79 Å². The van der Waals surface area contributed by atoms with Gasteiger partial charge in [-0.2, -0.15) is 0 Å². The first-order valence-electron chi connectivity index (χ1n) is 6.87. The molecular weight excluding hydrogens is 306 g/mol. The van der Waals surface area contributed by atoms with Gasteiger partial charge in [-0.05, 0) is 41.7 Å². The van der Waals surface area contributed by atoms with Gasteiger partial charge in [0, 0.05) is 18.1 Å². The third-order valence-electron chi connectivity index (χ3n) is 3.78. The summed E-state index contributed by atoms with van der Waals surface area (Å²) in [6.45, 7) is 3.72. The number of hydrogen-bond acceptors (Lipinski definition) is 4. The van der Waals surface area contributed by atoms with Crippen LogP contribution in [0.4, 0.5) is 0 Å². The number of rotatable bonds is 4. The summed E-state index contributed by atoms with van der Waals surface area (Å²) in [5.74, 6) is -0.261. The first kappa shape index (κ1) is 16.4. The molecule has 0 saturated heterocycles. The summed E-state index contributed by atoms with van der Waals surface area (Å²) in [7, 11) is 1.42. The molecule has 114 valence electrons. The molecule has 1 heterocycles. The van der Waals surface area contributed by atoms with E-state index in [4.69, 9.17) is 16.3 Å². The fourth-order valence-electron chi connectivity index (χ4n) is 2.71. The Hall–Kier alpha value is -0.970. The van der Waals surface area contributed by atoms with Gasteiger partial charge in [-0.25, -0.2) is 4.79 Å². The highest BCUT2D eigenvalue weighted by atomic mass is 35.5. The topological polar surface area (TPSA) is 29.5 Å². The number of thioether (sulfide) groups is 1. The molecule has 0 aromatic heterocycles. The van der Waals surface area contributed by atoms with E-state index in [0.29, 0.717) is 5.02 Å². The van der Waals surface area contributed by atoms with Crippen LogP contribution in [-0.4, -0.2) is 37.3 Å². The lowest BCUT2D eigenvalue weighted by atomic mass is 10.0. The van der Waals surface area contributed by atoms with Crippen LogP contribution in [0, 0.1) is 0 Å². The van der Waals surface area contributed by atoms with Crippen molar-refractivity contribution < 1.29 is 9.53 Å². The van der Waals surface area contributed by atoms with E-state index in [-0.39, 0.29) is 5.97 Å². The van der Waals surface area contributed by atoms with Gasteiger partial charge in [0.2, 0.25) is 0 Å². The van der Waals surface area contributed by atoms with Gasteiger partial charge in [0.1, 0.15) is 6.04 Å². The van der Waals surface area contributed by atoms with E-state index in [1.807, 2.05) is 24.3 Å². The van der Waals surface area contributed by atoms with Crippen molar-refractivity contribution in [3.05, 3.63) is 45.3 Å². The number of methoxy groups -OCH3 is 1. The number of nitrogens with zero attached hydrogens (tertiary/aromatic N) is 1. The second kappa shape index (κ2) is 7.34. The van der Waals surface area contributed by atoms with Crippen molar-refractivity contribution in [2.24, 2.45) is 0 Å². The Bertz CT molecular complexity index is 559. The summed E-state index contributed by atoms with van der Waals surface area (Å²) in [4.78, 5) is 15.8. The van der Waals surface area contributed by atoms with E-state index in [0.717, 1.165) is 25.1 Å². The Morgan fingerprint density at radius 2 is 2.14 bits per heavy atom. The summed E-state index contributed by atoms with van der Waals surface area (Å²) in [5, 5.41) is 0.602. The van der Waals surface area contributed by atoms with E-state index < -0.39 is 6.04 Å². The summed E-state index contributed by atoms with van der Waals surface area (Å²) in [5.41, 5.74) is 2.13. The molecule has 1 aliphatic heterocycles.